The molecule has 4 aromatic rings. The molecular weight excluding hydrogens is 508 g/mol. The highest BCUT2D eigenvalue weighted by molar-refractivity contribution is 8.18. The summed E-state index contributed by atoms with van der Waals surface area (Å²) in [6, 6.07) is 20.5. The molecule has 37 heavy (non-hydrogen) atoms. The minimum atomic E-state index is -0.515. The second-order valence-corrected chi connectivity index (χ2v) is 10.8. The Hall–Kier alpha value is -4.02. The van der Waals surface area contributed by atoms with Crippen LogP contribution in [0.5, 0.6) is 0 Å². The number of amides is 3. The van der Waals surface area contributed by atoms with E-state index in [0.29, 0.717) is 5.56 Å². The van der Waals surface area contributed by atoms with Gasteiger partial charge < -0.3 is 0 Å². The first-order chi connectivity index (χ1) is 17.8. The predicted octanol–water partition coefficient (Wildman–Crippen LogP) is 4.74. The van der Waals surface area contributed by atoms with Crippen LogP contribution in [-0.2, 0) is 23.7 Å². The number of aromatic nitrogens is 2. The number of hydrogen-bond acceptors (Lipinski definition) is 6. The summed E-state index contributed by atoms with van der Waals surface area (Å²) in [5.41, 5.74) is 3.47. The quantitative estimate of drug-likeness (QED) is 0.357. The predicted molar refractivity (Wildman–Crippen MR) is 145 cm³/mol. The monoisotopic (exact) mass is 528 g/mol. The van der Waals surface area contributed by atoms with Crippen LogP contribution >= 0.6 is 23.5 Å². The number of fused-ring (bicyclic) bond motifs is 3. The molecule has 0 unspecified atom stereocenters. The van der Waals surface area contributed by atoms with Crippen LogP contribution in [0.3, 0.4) is 0 Å². The Kier molecular flexibility index (Phi) is 5.58. The lowest BCUT2D eigenvalue weighted by Crippen LogP contribution is -2.41. The molecule has 3 amide bonds. The SMILES string of the molecule is Cn1c(=O)n(C)c2cc(/C=C3/SC(=O)N(CC(=O)N4c5ccccc5Sc5ccccc54)C3=O)ccc21. The fourth-order valence-electron chi connectivity index (χ4n) is 4.58. The summed E-state index contributed by atoms with van der Waals surface area (Å²) < 4.78 is 3.08. The molecule has 10 heteroatoms. The number of carbonyl (C=O) groups is 3. The minimum absolute atomic E-state index is 0.148. The van der Waals surface area contributed by atoms with Crippen molar-refractivity contribution in [1.29, 1.82) is 0 Å². The first-order valence-electron chi connectivity index (χ1n) is 11.4. The van der Waals surface area contributed by atoms with Crippen molar-refractivity contribution in [3.8, 4) is 0 Å². The highest BCUT2D eigenvalue weighted by atomic mass is 32.2. The topological polar surface area (TPSA) is 84.6 Å². The smallest absolute Gasteiger partial charge is 0.295 e. The second-order valence-electron chi connectivity index (χ2n) is 8.68. The maximum absolute atomic E-state index is 13.6. The molecule has 0 saturated carbocycles. The van der Waals surface area contributed by atoms with Gasteiger partial charge in [0.2, 0.25) is 0 Å². The van der Waals surface area contributed by atoms with Gasteiger partial charge in [-0.2, -0.15) is 0 Å². The van der Waals surface area contributed by atoms with E-state index in [1.807, 2.05) is 48.5 Å². The summed E-state index contributed by atoms with van der Waals surface area (Å²) in [5.74, 6) is -0.886. The standard InChI is InChI=1S/C27H20N4O4S2/c1-28-17-12-11-16(13-20(17)29(2)26(28)34)14-23-25(33)30(27(35)37-23)15-24(32)31-18-7-3-5-9-21(18)36-22-10-6-4-8-19(22)31/h3-14H,15H2,1-2H3/b23-14+. The van der Waals surface area contributed by atoms with Crippen molar-refractivity contribution in [3.05, 3.63) is 87.7 Å². The Morgan fingerprint density at radius 3 is 2.11 bits per heavy atom. The van der Waals surface area contributed by atoms with Crippen molar-refractivity contribution in [2.45, 2.75) is 9.79 Å². The molecule has 1 aromatic heterocycles. The molecule has 1 saturated heterocycles. The van der Waals surface area contributed by atoms with Crippen molar-refractivity contribution < 1.29 is 14.4 Å². The maximum Gasteiger partial charge on any atom is 0.328 e. The van der Waals surface area contributed by atoms with E-state index in [0.717, 1.165) is 48.9 Å². The van der Waals surface area contributed by atoms with E-state index >= 15 is 0 Å². The van der Waals surface area contributed by atoms with Gasteiger partial charge >= 0.3 is 5.69 Å². The third-order valence-electron chi connectivity index (χ3n) is 6.44. The van der Waals surface area contributed by atoms with E-state index in [1.165, 1.54) is 4.57 Å². The lowest BCUT2D eigenvalue weighted by atomic mass is 10.1. The number of anilines is 2. The molecule has 0 atom stereocenters. The van der Waals surface area contributed by atoms with Crippen molar-refractivity contribution in [1.82, 2.24) is 14.0 Å². The van der Waals surface area contributed by atoms with Crippen molar-refractivity contribution in [2.24, 2.45) is 14.1 Å². The molecule has 1 fully saturated rings. The number of para-hydroxylation sites is 2. The normalized spacial score (nSPS) is 16.0. The van der Waals surface area contributed by atoms with Crippen LogP contribution in [-0.4, -0.2) is 37.6 Å². The van der Waals surface area contributed by atoms with Crippen molar-refractivity contribution in [2.75, 3.05) is 11.4 Å². The number of imide groups is 1. The van der Waals surface area contributed by atoms with Gasteiger partial charge in [-0.25, -0.2) is 4.79 Å². The fourth-order valence-corrected chi connectivity index (χ4v) is 6.48. The van der Waals surface area contributed by atoms with Gasteiger partial charge in [-0.15, -0.1) is 0 Å². The van der Waals surface area contributed by atoms with Crippen LogP contribution in [0.15, 0.2) is 86.2 Å². The zero-order valence-electron chi connectivity index (χ0n) is 19.9. The molecule has 6 rings (SSSR count). The highest BCUT2D eigenvalue weighted by Gasteiger charge is 2.38. The number of rotatable bonds is 3. The van der Waals surface area contributed by atoms with E-state index in [2.05, 4.69) is 0 Å². The Morgan fingerprint density at radius 1 is 0.811 bits per heavy atom. The second kappa shape index (κ2) is 8.82. The largest absolute Gasteiger partial charge is 0.328 e. The van der Waals surface area contributed by atoms with Gasteiger partial charge in [-0.3, -0.25) is 33.3 Å². The number of carbonyl (C=O) groups excluding carboxylic acids is 3. The van der Waals surface area contributed by atoms with Crippen LogP contribution in [0.2, 0.25) is 0 Å². The van der Waals surface area contributed by atoms with Gasteiger partial charge in [0.05, 0.1) is 27.3 Å². The number of thioether (sulfide) groups is 1. The van der Waals surface area contributed by atoms with Crippen LogP contribution in [0.4, 0.5) is 16.2 Å². The van der Waals surface area contributed by atoms with E-state index < -0.39 is 11.1 Å². The number of nitrogens with zero attached hydrogens (tertiary/aromatic N) is 4. The van der Waals surface area contributed by atoms with Crippen LogP contribution in [0.1, 0.15) is 5.56 Å². The average Bonchev–Trinajstić information content (AvgIpc) is 3.28. The molecule has 3 heterocycles. The molecule has 0 aliphatic carbocycles. The lowest BCUT2D eigenvalue weighted by molar-refractivity contribution is -0.127. The Bertz CT molecular complexity index is 1690. The third-order valence-corrected chi connectivity index (χ3v) is 8.48. The zero-order chi connectivity index (χ0) is 25.8. The van der Waals surface area contributed by atoms with Gasteiger partial charge in [0.15, 0.2) is 0 Å². The van der Waals surface area contributed by atoms with Crippen LogP contribution in [0.25, 0.3) is 17.1 Å². The van der Waals surface area contributed by atoms with E-state index in [4.69, 9.17) is 0 Å². The first-order valence-corrected chi connectivity index (χ1v) is 13.1. The molecule has 0 spiro atoms. The summed E-state index contributed by atoms with van der Waals surface area (Å²) >= 11 is 2.38. The molecule has 0 bridgehead atoms. The summed E-state index contributed by atoms with van der Waals surface area (Å²) in [4.78, 5) is 56.5. The number of benzene rings is 3. The van der Waals surface area contributed by atoms with E-state index in [9.17, 15) is 19.2 Å². The van der Waals surface area contributed by atoms with Crippen molar-refractivity contribution in [3.63, 3.8) is 0 Å². The molecule has 0 radical (unpaired) electrons. The van der Waals surface area contributed by atoms with Crippen LogP contribution < -0.4 is 10.6 Å². The fraction of sp³-hybridized carbons (Fsp3) is 0.111. The van der Waals surface area contributed by atoms with E-state index in [1.54, 1.807) is 59.6 Å². The Labute approximate surface area is 220 Å². The van der Waals surface area contributed by atoms with Gasteiger partial charge in [-0.05, 0) is 59.8 Å². The summed E-state index contributed by atoms with van der Waals surface area (Å²) in [6.45, 7) is -0.373. The molecule has 3 aromatic carbocycles. The maximum atomic E-state index is 13.6. The zero-order valence-corrected chi connectivity index (χ0v) is 21.5. The Morgan fingerprint density at radius 2 is 1.43 bits per heavy atom. The summed E-state index contributed by atoms with van der Waals surface area (Å²) in [6.07, 6.45) is 1.62. The van der Waals surface area contributed by atoms with Crippen molar-refractivity contribution >= 4 is 69.1 Å². The molecule has 184 valence electrons. The molecule has 8 nitrogen and oxygen atoms in total. The summed E-state index contributed by atoms with van der Waals surface area (Å²) in [5, 5.41) is -0.495. The summed E-state index contributed by atoms with van der Waals surface area (Å²) in [7, 11) is 3.38. The minimum Gasteiger partial charge on any atom is -0.295 e. The molecule has 2 aliphatic heterocycles. The average molecular weight is 529 g/mol. The molecule has 0 N–H and O–H groups in total. The van der Waals surface area contributed by atoms with Gasteiger partial charge in [0.25, 0.3) is 17.1 Å². The van der Waals surface area contributed by atoms with Gasteiger partial charge in [0, 0.05) is 23.9 Å². The number of imidazole rings is 1. The Balaban J connectivity index is 1.29. The first kappa shape index (κ1) is 23.4. The number of aryl methyl sites for hydroxylation is 2. The van der Waals surface area contributed by atoms with E-state index in [-0.39, 0.29) is 23.0 Å². The lowest BCUT2D eigenvalue weighted by Gasteiger charge is -2.31. The van der Waals surface area contributed by atoms with Gasteiger partial charge in [-0.1, -0.05) is 42.1 Å². The third kappa shape index (κ3) is 3.80. The number of hydrogen-bond donors (Lipinski definition) is 0. The molecule has 2 aliphatic rings. The van der Waals surface area contributed by atoms with Gasteiger partial charge in [0.1, 0.15) is 6.54 Å². The highest BCUT2D eigenvalue weighted by Crippen LogP contribution is 2.48. The molecular formula is C27H20N4O4S2. The van der Waals surface area contributed by atoms with Crippen LogP contribution in [0, 0.1) is 0 Å².